The molecule has 1 atom stereocenters. The van der Waals surface area contributed by atoms with Crippen LogP contribution in [0, 0.1) is 11.3 Å². The van der Waals surface area contributed by atoms with Gasteiger partial charge in [-0.3, -0.25) is 0 Å². The Hall–Kier alpha value is -2.11. The van der Waals surface area contributed by atoms with Crippen molar-refractivity contribution in [2.75, 3.05) is 13.2 Å². The molecule has 3 rings (SSSR count). The largest absolute Gasteiger partial charge is 0.490 e. The molecule has 0 radical (unpaired) electrons. The van der Waals surface area contributed by atoms with Crippen LogP contribution in [0.25, 0.3) is 10.8 Å². The summed E-state index contributed by atoms with van der Waals surface area (Å²) in [6.45, 7) is 9.76. The molecule has 170 valence electrons. The van der Waals surface area contributed by atoms with E-state index < -0.39 is 12.1 Å². The molecule has 1 saturated carbocycles. The van der Waals surface area contributed by atoms with Gasteiger partial charge >= 0.3 is 5.97 Å². The van der Waals surface area contributed by atoms with Crippen LogP contribution in [-0.2, 0) is 16.1 Å². The van der Waals surface area contributed by atoms with Crippen molar-refractivity contribution in [3.8, 4) is 5.75 Å². The minimum atomic E-state index is -1.14. The van der Waals surface area contributed by atoms with Crippen molar-refractivity contribution < 1.29 is 19.4 Å². The van der Waals surface area contributed by atoms with Crippen LogP contribution in [0.4, 0.5) is 0 Å². The van der Waals surface area contributed by atoms with Crippen LogP contribution in [0.2, 0.25) is 0 Å². The summed E-state index contributed by atoms with van der Waals surface area (Å²) < 4.78 is 11.1. The Kier molecular flexibility index (Phi) is 7.95. The molecule has 2 aromatic carbocycles. The van der Waals surface area contributed by atoms with Gasteiger partial charge in [-0.05, 0) is 78.5 Å². The maximum absolute atomic E-state index is 11.5. The average molecular weight is 428 g/mol. The van der Waals surface area contributed by atoms with E-state index in [1.165, 1.54) is 12.8 Å². The molecule has 0 bridgehead atoms. The van der Waals surface area contributed by atoms with Gasteiger partial charge in [-0.25, -0.2) is 4.79 Å². The second kappa shape index (κ2) is 10.5. The van der Waals surface area contributed by atoms with E-state index in [-0.39, 0.29) is 13.2 Å². The van der Waals surface area contributed by atoms with Crippen LogP contribution in [0.1, 0.15) is 58.9 Å². The molecule has 2 N–H and O–H groups in total. The first kappa shape index (κ1) is 23.6. The zero-order chi connectivity index (χ0) is 22.4. The lowest BCUT2D eigenvalue weighted by Gasteiger charge is -2.37. The van der Waals surface area contributed by atoms with Crippen LogP contribution in [0.3, 0.4) is 0 Å². The van der Waals surface area contributed by atoms with Crippen LogP contribution >= 0.6 is 0 Å². The SMILES string of the molecule is CCOC(=O)C(O)CNCc1ccc2cc(OC3CCC(C(C)(C)C)CC3)ccc2c1. The van der Waals surface area contributed by atoms with Gasteiger partial charge in [0.05, 0.1) is 12.7 Å². The number of rotatable bonds is 8. The van der Waals surface area contributed by atoms with Crippen molar-refractivity contribution in [1.29, 1.82) is 0 Å². The predicted molar refractivity (Wildman–Crippen MR) is 124 cm³/mol. The van der Waals surface area contributed by atoms with Crippen molar-refractivity contribution in [1.82, 2.24) is 5.32 Å². The highest BCUT2D eigenvalue weighted by atomic mass is 16.5. The smallest absolute Gasteiger partial charge is 0.336 e. The summed E-state index contributed by atoms with van der Waals surface area (Å²) >= 11 is 0. The molecular formula is C26H37NO4. The Morgan fingerprint density at radius 2 is 1.77 bits per heavy atom. The fourth-order valence-corrected chi connectivity index (χ4v) is 4.37. The van der Waals surface area contributed by atoms with Gasteiger partial charge in [-0.2, -0.15) is 0 Å². The molecule has 0 aliphatic heterocycles. The molecule has 5 nitrogen and oxygen atoms in total. The number of nitrogens with one attached hydrogen (secondary N) is 1. The molecule has 0 amide bonds. The van der Waals surface area contributed by atoms with Crippen molar-refractivity contribution >= 4 is 16.7 Å². The van der Waals surface area contributed by atoms with E-state index in [4.69, 9.17) is 9.47 Å². The highest BCUT2D eigenvalue weighted by Gasteiger charge is 2.30. The molecule has 1 aliphatic rings. The van der Waals surface area contributed by atoms with E-state index in [1.54, 1.807) is 6.92 Å². The molecular weight excluding hydrogens is 390 g/mol. The molecule has 1 unspecified atom stereocenters. The minimum Gasteiger partial charge on any atom is -0.490 e. The van der Waals surface area contributed by atoms with Gasteiger partial charge in [-0.1, -0.05) is 39.0 Å². The first-order valence-corrected chi connectivity index (χ1v) is 11.5. The normalized spacial score (nSPS) is 20.4. The highest BCUT2D eigenvalue weighted by Crippen LogP contribution is 2.39. The number of ether oxygens (including phenoxy) is 2. The summed E-state index contributed by atoms with van der Waals surface area (Å²) in [5.74, 6) is 1.14. The quantitative estimate of drug-likeness (QED) is 0.590. The molecule has 0 aromatic heterocycles. The first-order chi connectivity index (χ1) is 14.8. The third kappa shape index (κ3) is 6.68. The Bertz CT molecular complexity index is 865. The number of aliphatic hydroxyl groups is 1. The van der Waals surface area contributed by atoms with Gasteiger partial charge in [0.2, 0.25) is 0 Å². The molecule has 0 saturated heterocycles. The summed E-state index contributed by atoms with van der Waals surface area (Å²) in [4.78, 5) is 11.5. The van der Waals surface area contributed by atoms with E-state index in [2.05, 4.69) is 62.5 Å². The third-order valence-corrected chi connectivity index (χ3v) is 6.30. The first-order valence-electron chi connectivity index (χ1n) is 11.5. The summed E-state index contributed by atoms with van der Waals surface area (Å²) in [7, 11) is 0. The molecule has 1 fully saturated rings. The number of fused-ring (bicyclic) bond motifs is 1. The highest BCUT2D eigenvalue weighted by molar-refractivity contribution is 5.84. The van der Waals surface area contributed by atoms with Crippen molar-refractivity contribution in [3.63, 3.8) is 0 Å². The number of carbonyl (C=O) groups excluding carboxylic acids is 1. The zero-order valence-electron chi connectivity index (χ0n) is 19.3. The predicted octanol–water partition coefficient (Wildman–Crippen LogP) is 4.84. The molecule has 0 heterocycles. The number of carbonyl (C=O) groups is 1. The standard InChI is InChI=1S/C26H37NO4/c1-5-30-25(29)24(28)17-27-16-18-6-7-20-15-23(11-8-19(20)14-18)31-22-12-9-21(10-13-22)26(2,3)4/h6-8,11,14-15,21-22,24,27-28H,5,9-10,12-13,16-17H2,1-4H3. The Balaban J connectivity index is 1.52. The van der Waals surface area contributed by atoms with Crippen LogP contribution in [0.5, 0.6) is 5.75 Å². The van der Waals surface area contributed by atoms with Gasteiger partial charge in [0.15, 0.2) is 6.10 Å². The van der Waals surface area contributed by atoms with E-state index in [1.807, 2.05) is 0 Å². The lowest BCUT2D eigenvalue weighted by Crippen LogP contribution is -2.34. The van der Waals surface area contributed by atoms with Crippen LogP contribution in [0.15, 0.2) is 36.4 Å². The Morgan fingerprint density at radius 3 is 2.45 bits per heavy atom. The monoisotopic (exact) mass is 427 g/mol. The van der Waals surface area contributed by atoms with Gasteiger partial charge < -0.3 is 19.9 Å². The van der Waals surface area contributed by atoms with E-state index in [0.29, 0.717) is 18.1 Å². The zero-order valence-corrected chi connectivity index (χ0v) is 19.3. The van der Waals surface area contributed by atoms with E-state index in [0.717, 1.165) is 40.8 Å². The average Bonchev–Trinajstić information content (AvgIpc) is 2.73. The molecule has 0 spiro atoms. The molecule has 2 aromatic rings. The number of benzene rings is 2. The molecule has 31 heavy (non-hydrogen) atoms. The summed E-state index contributed by atoms with van der Waals surface area (Å²) in [6, 6.07) is 12.6. The fourth-order valence-electron chi connectivity index (χ4n) is 4.37. The summed E-state index contributed by atoms with van der Waals surface area (Å²) in [5, 5.41) is 15.2. The summed E-state index contributed by atoms with van der Waals surface area (Å²) in [5.41, 5.74) is 1.48. The number of esters is 1. The van der Waals surface area contributed by atoms with Gasteiger partial charge in [0.25, 0.3) is 0 Å². The lowest BCUT2D eigenvalue weighted by molar-refractivity contribution is -0.152. The Morgan fingerprint density at radius 1 is 1.10 bits per heavy atom. The molecule has 5 heteroatoms. The third-order valence-electron chi connectivity index (χ3n) is 6.30. The van der Waals surface area contributed by atoms with Crippen LogP contribution in [-0.4, -0.2) is 36.4 Å². The van der Waals surface area contributed by atoms with Crippen molar-refractivity contribution in [2.24, 2.45) is 11.3 Å². The maximum Gasteiger partial charge on any atom is 0.336 e. The van der Waals surface area contributed by atoms with Gasteiger partial charge in [0.1, 0.15) is 5.75 Å². The second-order valence-electron chi connectivity index (χ2n) is 9.70. The molecule has 1 aliphatic carbocycles. The van der Waals surface area contributed by atoms with E-state index >= 15 is 0 Å². The van der Waals surface area contributed by atoms with Crippen molar-refractivity contribution in [2.45, 2.75) is 72.1 Å². The van der Waals surface area contributed by atoms with Gasteiger partial charge in [0, 0.05) is 13.1 Å². The topological polar surface area (TPSA) is 67.8 Å². The van der Waals surface area contributed by atoms with Crippen LogP contribution < -0.4 is 10.1 Å². The lowest BCUT2D eigenvalue weighted by atomic mass is 9.72. The number of hydrogen-bond acceptors (Lipinski definition) is 5. The number of hydrogen-bond donors (Lipinski definition) is 2. The maximum atomic E-state index is 11.5. The number of aliphatic hydroxyl groups excluding tert-OH is 1. The fraction of sp³-hybridized carbons (Fsp3) is 0.577. The van der Waals surface area contributed by atoms with Gasteiger partial charge in [-0.15, -0.1) is 0 Å². The van der Waals surface area contributed by atoms with E-state index in [9.17, 15) is 9.90 Å². The Labute approximate surface area is 186 Å². The minimum absolute atomic E-state index is 0.168. The second-order valence-corrected chi connectivity index (χ2v) is 9.70. The summed E-state index contributed by atoms with van der Waals surface area (Å²) in [6.07, 6.45) is 3.90. The van der Waals surface area contributed by atoms with Crippen molar-refractivity contribution in [3.05, 3.63) is 42.0 Å².